The third kappa shape index (κ3) is 4.11. The molecule has 30 heavy (non-hydrogen) atoms. The van der Waals surface area contributed by atoms with Crippen LogP contribution in [0.15, 0.2) is 84.1 Å². The van der Waals surface area contributed by atoms with Gasteiger partial charge in [0.2, 0.25) is 5.91 Å². The van der Waals surface area contributed by atoms with Crippen LogP contribution in [-0.2, 0) is 26.9 Å². The average molecular weight is 420 g/mol. The molecular formula is C23H21N3O3S. The summed E-state index contributed by atoms with van der Waals surface area (Å²) in [5, 5.41) is 3.41. The molecule has 0 aliphatic rings. The van der Waals surface area contributed by atoms with Crippen molar-refractivity contribution in [3.63, 3.8) is 0 Å². The largest absolute Gasteiger partial charge is 0.337 e. The van der Waals surface area contributed by atoms with Gasteiger partial charge in [-0.05, 0) is 36.2 Å². The number of hydrogen-bond acceptors (Lipinski definition) is 4. The van der Waals surface area contributed by atoms with E-state index in [4.69, 9.17) is 0 Å². The van der Waals surface area contributed by atoms with Crippen molar-refractivity contribution in [2.24, 2.45) is 0 Å². The van der Waals surface area contributed by atoms with Gasteiger partial charge in [0.1, 0.15) is 6.54 Å². The van der Waals surface area contributed by atoms with Gasteiger partial charge >= 0.3 is 0 Å². The summed E-state index contributed by atoms with van der Waals surface area (Å²) in [6.07, 6.45) is 4.75. The number of hydrogen-bond donors (Lipinski definition) is 1. The molecule has 1 amide bonds. The van der Waals surface area contributed by atoms with Crippen LogP contribution in [0.2, 0.25) is 0 Å². The summed E-state index contributed by atoms with van der Waals surface area (Å²) in [6, 6.07) is 18.1. The number of fused-ring (bicyclic) bond motifs is 1. The zero-order chi connectivity index (χ0) is 21.1. The second kappa shape index (κ2) is 8.12. The fourth-order valence-electron chi connectivity index (χ4n) is 3.44. The zero-order valence-corrected chi connectivity index (χ0v) is 17.3. The first-order valence-electron chi connectivity index (χ1n) is 9.49. The summed E-state index contributed by atoms with van der Waals surface area (Å²) in [6.45, 7) is 1.90. The van der Waals surface area contributed by atoms with E-state index >= 15 is 0 Å². The maximum atomic E-state index is 13.2. The molecule has 0 saturated carbocycles. The fourth-order valence-corrected chi connectivity index (χ4v) is 5.12. The summed E-state index contributed by atoms with van der Waals surface area (Å²) in [5.41, 5.74) is 3.04. The standard InChI is InChI=1S/C23H21N3O3S/c1-17-6-2-3-7-18(17)16-30(28,29)22-14-26(21-9-5-4-8-20(21)22)15-23(27)25-19-10-12-24-13-11-19/h2-14H,15-16H2,1H3,(H,24,25,27). The molecule has 0 aliphatic carbocycles. The Morgan fingerprint density at radius 2 is 1.70 bits per heavy atom. The number of nitrogens with one attached hydrogen (secondary N) is 1. The Kier molecular flexibility index (Phi) is 5.37. The molecule has 2 heterocycles. The van der Waals surface area contributed by atoms with Gasteiger partial charge < -0.3 is 9.88 Å². The number of amides is 1. The van der Waals surface area contributed by atoms with Crippen LogP contribution in [0.1, 0.15) is 11.1 Å². The summed E-state index contributed by atoms with van der Waals surface area (Å²) >= 11 is 0. The maximum Gasteiger partial charge on any atom is 0.244 e. The molecule has 152 valence electrons. The molecule has 2 aromatic carbocycles. The first-order valence-corrected chi connectivity index (χ1v) is 11.1. The van der Waals surface area contributed by atoms with Crippen LogP contribution >= 0.6 is 0 Å². The monoisotopic (exact) mass is 419 g/mol. The smallest absolute Gasteiger partial charge is 0.244 e. The van der Waals surface area contributed by atoms with Gasteiger partial charge in [0.15, 0.2) is 9.84 Å². The second-order valence-corrected chi connectivity index (χ2v) is 9.07. The number of nitrogens with zero attached hydrogens (tertiary/aromatic N) is 2. The molecule has 0 atom stereocenters. The lowest BCUT2D eigenvalue weighted by molar-refractivity contribution is -0.116. The number of aromatic nitrogens is 2. The van der Waals surface area contributed by atoms with Crippen LogP contribution in [-0.4, -0.2) is 23.9 Å². The van der Waals surface area contributed by atoms with E-state index in [1.165, 1.54) is 0 Å². The van der Waals surface area contributed by atoms with E-state index < -0.39 is 9.84 Å². The minimum atomic E-state index is -3.60. The number of carbonyl (C=O) groups is 1. The lowest BCUT2D eigenvalue weighted by Gasteiger charge is -2.07. The van der Waals surface area contributed by atoms with Gasteiger partial charge in [-0.2, -0.15) is 0 Å². The van der Waals surface area contributed by atoms with E-state index in [-0.39, 0.29) is 23.1 Å². The SMILES string of the molecule is Cc1ccccc1CS(=O)(=O)c1cn(CC(=O)Nc2ccncc2)c2ccccc12. The van der Waals surface area contributed by atoms with Crippen LogP contribution < -0.4 is 5.32 Å². The number of sulfone groups is 1. The van der Waals surface area contributed by atoms with E-state index in [1.807, 2.05) is 43.3 Å². The lowest BCUT2D eigenvalue weighted by atomic mass is 10.1. The van der Waals surface area contributed by atoms with Crippen molar-refractivity contribution in [2.75, 3.05) is 5.32 Å². The van der Waals surface area contributed by atoms with Crippen molar-refractivity contribution < 1.29 is 13.2 Å². The Morgan fingerprint density at radius 1 is 1.00 bits per heavy atom. The van der Waals surface area contributed by atoms with E-state index in [9.17, 15) is 13.2 Å². The third-order valence-electron chi connectivity index (χ3n) is 4.97. The van der Waals surface area contributed by atoms with Gasteiger partial charge in [0, 0.05) is 35.2 Å². The number of aryl methyl sites for hydroxylation is 1. The predicted octanol–water partition coefficient (Wildman–Crippen LogP) is 3.96. The number of carbonyl (C=O) groups excluding carboxylic acids is 1. The highest BCUT2D eigenvalue weighted by atomic mass is 32.2. The second-order valence-electron chi connectivity index (χ2n) is 7.11. The molecule has 0 radical (unpaired) electrons. The average Bonchev–Trinajstić information content (AvgIpc) is 3.10. The topological polar surface area (TPSA) is 81.1 Å². The van der Waals surface area contributed by atoms with Crippen molar-refractivity contribution in [3.8, 4) is 0 Å². The minimum absolute atomic E-state index is 0.00270. The summed E-state index contributed by atoms with van der Waals surface area (Å²) in [4.78, 5) is 16.7. The molecule has 0 aliphatic heterocycles. The molecule has 6 nitrogen and oxygen atoms in total. The van der Waals surface area contributed by atoms with E-state index in [2.05, 4.69) is 10.3 Å². The number of benzene rings is 2. The number of rotatable bonds is 6. The van der Waals surface area contributed by atoms with Gasteiger partial charge in [-0.15, -0.1) is 0 Å². The predicted molar refractivity (Wildman–Crippen MR) is 117 cm³/mol. The van der Waals surface area contributed by atoms with Crippen molar-refractivity contribution >= 4 is 32.3 Å². The van der Waals surface area contributed by atoms with Crippen LogP contribution in [0.3, 0.4) is 0 Å². The summed E-state index contributed by atoms with van der Waals surface area (Å²) < 4.78 is 28.2. The Labute approximate surface area is 175 Å². The lowest BCUT2D eigenvalue weighted by Crippen LogP contribution is -2.18. The van der Waals surface area contributed by atoms with Crippen molar-refractivity contribution in [1.29, 1.82) is 0 Å². The van der Waals surface area contributed by atoms with Gasteiger partial charge in [-0.1, -0.05) is 42.5 Å². The minimum Gasteiger partial charge on any atom is -0.337 e. The fraction of sp³-hybridized carbons (Fsp3) is 0.130. The molecule has 1 N–H and O–H groups in total. The highest BCUT2D eigenvalue weighted by Gasteiger charge is 2.23. The molecule has 0 fully saturated rings. The van der Waals surface area contributed by atoms with E-state index in [1.54, 1.807) is 47.4 Å². The Morgan fingerprint density at radius 3 is 2.47 bits per heavy atom. The molecular weight excluding hydrogens is 398 g/mol. The Bertz CT molecular complexity index is 1310. The molecule has 0 unspecified atom stereocenters. The molecule has 0 bridgehead atoms. The number of pyridine rings is 1. The van der Waals surface area contributed by atoms with E-state index in [0.29, 0.717) is 16.6 Å². The summed E-state index contributed by atoms with van der Waals surface area (Å²) in [5.74, 6) is -0.332. The molecule has 2 aromatic heterocycles. The van der Waals surface area contributed by atoms with Gasteiger partial charge in [-0.25, -0.2) is 8.42 Å². The molecule has 4 rings (SSSR count). The Balaban J connectivity index is 1.67. The maximum absolute atomic E-state index is 13.2. The number of anilines is 1. The summed E-state index contributed by atoms with van der Waals surface area (Å²) in [7, 11) is -3.60. The van der Waals surface area contributed by atoms with E-state index in [0.717, 1.165) is 11.1 Å². The normalized spacial score (nSPS) is 11.5. The van der Waals surface area contributed by atoms with Crippen LogP contribution in [0, 0.1) is 6.92 Å². The van der Waals surface area contributed by atoms with Crippen LogP contribution in [0.25, 0.3) is 10.9 Å². The highest BCUT2D eigenvalue weighted by molar-refractivity contribution is 7.90. The molecule has 4 aromatic rings. The van der Waals surface area contributed by atoms with Crippen molar-refractivity contribution in [1.82, 2.24) is 9.55 Å². The van der Waals surface area contributed by atoms with Gasteiger partial charge in [0.25, 0.3) is 0 Å². The molecule has 0 saturated heterocycles. The van der Waals surface area contributed by atoms with Crippen molar-refractivity contribution in [3.05, 3.63) is 90.4 Å². The Hall–Kier alpha value is -3.45. The molecule has 7 heteroatoms. The van der Waals surface area contributed by atoms with Crippen molar-refractivity contribution in [2.45, 2.75) is 24.1 Å². The van der Waals surface area contributed by atoms with Crippen LogP contribution in [0.4, 0.5) is 5.69 Å². The quantitative estimate of drug-likeness (QED) is 0.513. The highest BCUT2D eigenvalue weighted by Crippen LogP contribution is 2.28. The first kappa shape index (κ1) is 19.8. The van der Waals surface area contributed by atoms with Gasteiger partial charge in [0.05, 0.1) is 10.6 Å². The van der Waals surface area contributed by atoms with Crippen LogP contribution in [0.5, 0.6) is 0 Å². The zero-order valence-electron chi connectivity index (χ0n) is 16.4. The molecule has 0 spiro atoms. The third-order valence-corrected chi connectivity index (χ3v) is 6.66. The first-order chi connectivity index (χ1) is 14.4. The number of para-hydroxylation sites is 1. The van der Waals surface area contributed by atoms with Gasteiger partial charge in [-0.3, -0.25) is 9.78 Å².